The lowest BCUT2D eigenvalue weighted by atomic mass is 10.2. The molecule has 106 valence electrons. The van der Waals surface area contributed by atoms with Gasteiger partial charge in [-0.25, -0.2) is 9.78 Å². The van der Waals surface area contributed by atoms with Crippen LogP contribution in [0.15, 0.2) is 18.3 Å². The molecule has 0 saturated heterocycles. The number of hydrogen-bond acceptors (Lipinski definition) is 5. The summed E-state index contributed by atoms with van der Waals surface area (Å²) in [6, 6.07) is 3.41. The van der Waals surface area contributed by atoms with E-state index < -0.39 is 5.97 Å². The first kappa shape index (κ1) is 15.6. The first-order valence-corrected chi connectivity index (χ1v) is 6.05. The van der Waals surface area contributed by atoms with E-state index in [1.165, 1.54) is 6.20 Å². The average Bonchev–Trinajstić information content (AvgIpc) is 2.42. The molecule has 1 N–H and O–H groups in total. The zero-order chi connectivity index (χ0) is 14.1. The second-order valence-corrected chi connectivity index (χ2v) is 4.12. The number of aromatic nitrogens is 1. The summed E-state index contributed by atoms with van der Waals surface area (Å²) in [4.78, 5) is 16.8. The quantitative estimate of drug-likeness (QED) is 0.716. The number of hydrogen-bond donors (Lipinski definition) is 1. The maximum atomic E-state index is 10.9. The van der Waals surface area contributed by atoms with E-state index in [1.807, 2.05) is 6.07 Å². The van der Waals surface area contributed by atoms with Crippen molar-refractivity contribution in [2.75, 3.05) is 40.5 Å². The van der Waals surface area contributed by atoms with Crippen molar-refractivity contribution in [3.8, 4) is 0 Å². The molecule has 0 aliphatic rings. The van der Waals surface area contributed by atoms with Gasteiger partial charge in [-0.05, 0) is 17.7 Å². The topological polar surface area (TPSA) is 71.9 Å². The lowest BCUT2D eigenvalue weighted by Crippen LogP contribution is -2.30. The van der Waals surface area contributed by atoms with Gasteiger partial charge < -0.3 is 14.6 Å². The van der Waals surface area contributed by atoms with Gasteiger partial charge in [-0.1, -0.05) is 0 Å². The lowest BCUT2D eigenvalue weighted by molar-refractivity contribution is 0.0690. The molecule has 1 rings (SSSR count). The molecule has 0 aliphatic carbocycles. The van der Waals surface area contributed by atoms with Crippen molar-refractivity contribution >= 4 is 5.97 Å². The first-order valence-electron chi connectivity index (χ1n) is 6.05. The fourth-order valence-electron chi connectivity index (χ4n) is 1.66. The predicted octanol–water partition coefficient (Wildman–Crippen LogP) is 0.875. The number of nitrogens with zero attached hydrogens (tertiary/aromatic N) is 2. The maximum absolute atomic E-state index is 10.9. The highest BCUT2D eigenvalue weighted by atomic mass is 16.5. The second kappa shape index (κ2) is 8.58. The molecule has 19 heavy (non-hydrogen) atoms. The van der Waals surface area contributed by atoms with Gasteiger partial charge in [0.05, 0.1) is 13.2 Å². The van der Waals surface area contributed by atoms with Crippen molar-refractivity contribution < 1.29 is 19.4 Å². The van der Waals surface area contributed by atoms with Gasteiger partial charge in [-0.3, -0.25) is 4.90 Å². The van der Waals surface area contributed by atoms with Crippen molar-refractivity contribution in [1.29, 1.82) is 0 Å². The largest absolute Gasteiger partial charge is 0.477 e. The molecule has 0 amide bonds. The third-order valence-electron chi connectivity index (χ3n) is 2.67. The summed E-state index contributed by atoms with van der Waals surface area (Å²) in [5.74, 6) is -1.01. The summed E-state index contributed by atoms with van der Waals surface area (Å²) in [6.07, 6.45) is 1.52. The van der Waals surface area contributed by atoms with Crippen LogP contribution in [0.3, 0.4) is 0 Å². The van der Waals surface area contributed by atoms with E-state index in [0.29, 0.717) is 19.8 Å². The van der Waals surface area contributed by atoms with Crippen LogP contribution in [0.5, 0.6) is 0 Å². The minimum atomic E-state index is -1.01. The average molecular weight is 268 g/mol. The summed E-state index contributed by atoms with van der Waals surface area (Å²) in [5.41, 5.74) is 0.982. The molecule has 0 saturated carbocycles. The Kier molecular flexibility index (Phi) is 7.02. The third-order valence-corrected chi connectivity index (χ3v) is 2.67. The van der Waals surface area contributed by atoms with E-state index in [1.54, 1.807) is 20.3 Å². The third kappa shape index (κ3) is 5.78. The number of carbonyl (C=O) groups is 1. The molecule has 1 heterocycles. The standard InChI is InChI=1S/C13H20N2O4/c1-18-7-5-15(6-8-19-2)10-11-3-4-14-12(9-11)13(16)17/h3-4,9H,5-8,10H2,1-2H3,(H,16,17). The minimum absolute atomic E-state index is 0.0657. The van der Waals surface area contributed by atoms with Crippen LogP contribution in [-0.4, -0.2) is 61.5 Å². The number of pyridine rings is 1. The number of methoxy groups -OCH3 is 2. The molecule has 0 aliphatic heterocycles. The van der Waals surface area contributed by atoms with Crippen molar-refractivity contribution in [3.63, 3.8) is 0 Å². The van der Waals surface area contributed by atoms with Crippen molar-refractivity contribution in [2.45, 2.75) is 6.54 Å². The molecule has 1 aromatic heterocycles. The summed E-state index contributed by atoms with van der Waals surface area (Å²) in [7, 11) is 3.31. The van der Waals surface area contributed by atoms with Gasteiger partial charge in [0.2, 0.25) is 0 Å². The van der Waals surface area contributed by atoms with E-state index in [4.69, 9.17) is 14.6 Å². The molecule has 0 radical (unpaired) electrons. The molecular formula is C13H20N2O4. The molecule has 0 fully saturated rings. The number of carboxylic acid groups (broad SMARTS) is 1. The first-order chi connectivity index (χ1) is 9.17. The van der Waals surface area contributed by atoms with E-state index in [9.17, 15) is 4.79 Å². The van der Waals surface area contributed by atoms with E-state index in [0.717, 1.165) is 18.7 Å². The Morgan fingerprint density at radius 2 is 1.95 bits per heavy atom. The molecule has 1 aromatic rings. The van der Waals surface area contributed by atoms with Crippen LogP contribution in [0.4, 0.5) is 0 Å². The minimum Gasteiger partial charge on any atom is -0.477 e. The smallest absolute Gasteiger partial charge is 0.354 e. The van der Waals surface area contributed by atoms with Crippen LogP contribution in [0, 0.1) is 0 Å². The van der Waals surface area contributed by atoms with Crippen LogP contribution in [0.25, 0.3) is 0 Å². The Bertz CT molecular complexity index is 390. The Morgan fingerprint density at radius 3 is 2.47 bits per heavy atom. The molecule has 0 atom stereocenters. The van der Waals surface area contributed by atoms with Gasteiger partial charge in [-0.2, -0.15) is 0 Å². The monoisotopic (exact) mass is 268 g/mol. The van der Waals surface area contributed by atoms with Gasteiger partial charge in [0.1, 0.15) is 5.69 Å². The second-order valence-electron chi connectivity index (χ2n) is 4.12. The number of ether oxygens (including phenoxy) is 2. The SMILES string of the molecule is COCCN(CCOC)Cc1ccnc(C(=O)O)c1. The van der Waals surface area contributed by atoms with Gasteiger partial charge in [0.15, 0.2) is 0 Å². The number of rotatable bonds is 9. The van der Waals surface area contributed by atoms with Gasteiger partial charge in [0.25, 0.3) is 0 Å². The molecule has 0 bridgehead atoms. The maximum Gasteiger partial charge on any atom is 0.354 e. The van der Waals surface area contributed by atoms with Crippen LogP contribution >= 0.6 is 0 Å². The Hall–Kier alpha value is -1.50. The number of carboxylic acids is 1. The fraction of sp³-hybridized carbons (Fsp3) is 0.538. The Morgan fingerprint density at radius 1 is 1.32 bits per heavy atom. The van der Waals surface area contributed by atoms with Crippen LogP contribution in [0.2, 0.25) is 0 Å². The van der Waals surface area contributed by atoms with E-state index >= 15 is 0 Å². The van der Waals surface area contributed by atoms with Crippen molar-refractivity contribution in [3.05, 3.63) is 29.6 Å². The Labute approximate surface area is 113 Å². The lowest BCUT2D eigenvalue weighted by Gasteiger charge is -2.21. The fourth-order valence-corrected chi connectivity index (χ4v) is 1.66. The van der Waals surface area contributed by atoms with Crippen LogP contribution < -0.4 is 0 Å². The molecular weight excluding hydrogens is 248 g/mol. The van der Waals surface area contributed by atoms with Crippen molar-refractivity contribution in [2.24, 2.45) is 0 Å². The summed E-state index contributed by atoms with van der Waals surface area (Å²) in [6.45, 7) is 3.44. The van der Waals surface area contributed by atoms with Gasteiger partial charge in [-0.15, -0.1) is 0 Å². The van der Waals surface area contributed by atoms with E-state index in [-0.39, 0.29) is 5.69 Å². The summed E-state index contributed by atoms with van der Waals surface area (Å²) >= 11 is 0. The molecule has 6 nitrogen and oxygen atoms in total. The normalized spacial score (nSPS) is 10.9. The zero-order valence-corrected chi connectivity index (χ0v) is 11.3. The molecule has 0 aromatic carbocycles. The van der Waals surface area contributed by atoms with Crippen LogP contribution in [-0.2, 0) is 16.0 Å². The van der Waals surface area contributed by atoms with Gasteiger partial charge >= 0.3 is 5.97 Å². The molecule has 6 heteroatoms. The Balaban J connectivity index is 2.65. The molecule has 0 unspecified atom stereocenters. The highest BCUT2D eigenvalue weighted by Gasteiger charge is 2.09. The summed E-state index contributed by atoms with van der Waals surface area (Å²) < 4.78 is 10.1. The highest BCUT2D eigenvalue weighted by molar-refractivity contribution is 5.85. The van der Waals surface area contributed by atoms with Crippen molar-refractivity contribution in [1.82, 2.24) is 9.88 Å². The van der Waals surface area contributed by atoms with Gasteiger partial charge in [0, 0.05) is 40.1 Å². The zero-order valence-electron chi connectivity index (χ0n) is 11.3. The van der Waals surface area contributed by atoms with Crippen LogP contribution in [0.1, 0.15) is 16.1 Å². The summed E-state index contributed by atoms with van der Waals surface area (Å²) in [5, 5.41) is 8.91. The predicted molar refractivity (Wildman–Crippen MR) is 70.2 cm³/mol. The molecule has 0 spiro atoms. The van der Waals surface area contributed by atoms with E-state index in [2.05, 4.69) is 9.88 Å². The number of aromatic carboxylic acids is 1. The highest BCUT2D eigenvalue weighted by Crippen LogP contribution is 2.06.